The molecule has 0 spiro atoms. The Morgan fingerprint density at radius 1 is 1.17 bits per heavy atom. The van der Waals surface area contributed by atoms with Crippen molar-refractivity contribution in [3.8, 4) is 0 Å². The van der Waals surface area contributed by atoms with E-state index in [4.69, 9.17) is 4.74 Å². The number of ether oxygens (including phenoxy) is 1. The second-order valence-corrected chi connectivity index (χ2v) is 9.69. The summed E-state index contributed by atoms with van der Waals surface area (Å²) in [6, 6.07) is 1.88. The van der Waals surface area contributed by atoms with Gasteiger partial charge in [0, 0.05) is 25.5 Å². The topological polar surface area (TPSA) is 89.6 Å². The fourth-order valence-electron chi connectivity index (χ4n) is 5.07. The maximum absolute atomic E-state index is 13.8. The minimum Gasteiger partial charge on any atom is -0.378 e. The van der Waals surface area contributed by atoms with Crippen LogP contribution in [-0.2, 0) is 4.74 Å². The van der Waals surface area contributed by atoms with Gasteiger partial charge in [-0.1, -0.05) is 13.8 Å². The lowest BCUT2D eigenvalue weighted by atomic mass is 9.80. The highest BCUT2D eigenvalue weighted by Gasteiger charge is 2.29. The number of fused-ring (bicyclic) bond motifs is 1. The second kappa shape index (κ2) is 9.88. The first-order valence-electron chi connectivity index (χ1n) is 12.3. The molecule has 1 N–H and O–H groups in total. The van der Waals surface area contributed by atoms with Crippen LogP contribution in [0.4, 0.5) is 20.3 Å². The fourth-order valence-corrected chi connectivity index (χ4v) is 5.07. The van der Waals surface area contributed by atoms with Crippen LogP contribution in [0.15, 0.2) is 24.7 Å². The highest BCUT2D eigenvalue weighted by molar-refractivity contribution is 6.06. The summed E-state index contributed by atoms with van der Waals surface area (Å²) in [5.41, 5.74) is 0.192. The monoisotopic (exact) mass is 487 g/mol. The number of aromatic nitrogens is 5. The third-order valence-corrected chi connectivity index (χ3v) is 7.21. The average Bonchev–Trinajstić information content (AvgIpc) is 3.49. The molecule has 5 rings (SSSR count). The van der Waals surface area contributed by atoms with Crippen LogP contribution >= 0.6 is 0 Å². The minimum absolute atomic E-state index is 0.0266. The number of amides is 1. The molecule has 3 aromatic rings. The van der Waals surface area contributed by atoms with E-state index < -0.39 is 18.0 Å². The third kappa shape index (κ3) is 4.86. The molecule has 188 valence electrons. The summed E-state index contributed by atoms with van der Waals surface area (Å²) in [7, 11) is 0. The number of halogens is 2. The van der Waals surface area contributed by atoms with Gasteiger partial charge in [0.25, 0.3) is 12.3 Å². The van der Waals surface area contributed by atoms with Crippen LogP contribution in [0.5, 0.6) is 0 Å². The van der Waals surface area contributed by atoms with Crippen molar-refractivity contribution < 1.29 is 18.3 Å². The number of anilines is 2. The van der Waals surface area contributed by atoms with Gasteiger partial charge in [-0.25, -0.2) is 18.3 Å². The van der Waals surface area contributed by atoms with E-state index in [0.29, 0.717) is 36.4 Å². The molecule has 1 amide bonds. The van der Waals surface area contributed by atoms with Gasteiger partial charge in [0.15, 0.2) is 5.65 Å². The molecule has 9 nitrogen and oxygen atoms in total. The van der Waals surface area contributed by atoms with Crippen LogP contribution in [-0.4, -0.2) is 56.6 Å². The van der Waals surface area contributed by atoms with Crippen LogP contribution in [0.25, 0.3) is 5.65 Å². The molecule has 2 fully saturated rings. The van der Waals surface area contributed by atoms with Gasteiger partial charge in [-0.15, -0.1) is 0 Å². The fraction of sp³-hybridized carbons (Fsp3) is 0.583. The number of nitrogens with one attached hydrogen (secondary N) is 1. The minimum atomic E-state index is -2.85. The van der Waals surface area contributed by atoms with Crippen molar-refractivity contribution >= 4 is 23.1 Å². The van der Waals surface area contributed by atoms with Crippen molar-refractivity contribution in [2.24, 2.45) is 11.8 Å². The molecule has 3 aromatic heterocycles. The lowest BCUT2D eigenvalue weighted by molar-refractivity contribution is 0.101. The van der Waals surface area contributed by atoms with Crippen LogP contribution < -0.4 is 10.2 Å². The number of alkyl halides is 2. The highest BCUT2D eigenvalue weighted by atomic mass is 19.3. The summed E-state index contributed by atoms with van der Waals surface area (Å²) in [6.07, 6.45) is 5.67. The summed E-state index contributed by atoms with van der Waals surface area (Å²) in [5.74, 6) is 1.35. The summed E-state index contributed by atoms with van der Waals surface area (Å²) < 4.78 is 36.2. The average molecular weight is 488 g/mol. The molecule has 0 radical (unpaired) electrons. The van der Waals surface area contributed by atoms with Crippen LogP contribution in [0.3, 0.4) is 0 Å². The first kappa shape index (κ1) is 23.7. The van der Waals surface area contributed by atoms with E-state index in [2.05, 4.69) is 39.2 Å². The lowest BCUT2D eigenvalue weighted by Crippen LogP contribution is -2.36. The Kier molecular flexibility index (Phi) is 6.68. The number of hydrogen-bond acceptors (Lipinski definition) is 6. The standard InChI is InChI=1S/C24H31F2N7O2/c1-15(2)16-3-5-17(6-4-16)33-14-18(21(30-33)22(25)26)24(34)28-19-13-27-32-8-7-20(29-23(19)32)31-9-11-35-12-10-31/h7-8,13-17,22H,3-6,9-12H2,1-2H3,(H,28,34). The molecule has 1 aliphatic carbocycles. The number of rotatable bonds is 6. The van der Waals surface area contributed by atoms with Crippen molar-refractivity contribution in [3.05, 3.63) is 35.9 Å². The van der Waals surface area contributed by atoms with E-state index in [1.54, 1.807) is 15.4 Å². The molecule has 4 heterocycles. The maximum atomic E-state index is 13.8. The Morgan fingerprint density at radius 2 is 1.91 bits per heavy atom. The van der Waals surface area contributed by atoms with Gasteiger partial charge in [0.05, 0.1) is 31.0 Å². The van der Waals surface area contributed by atoms with E-state index in [9.17, 15) is 13.6 Å². The molecule has 1 saturated heterocycles. The van der Waals surface area contributed by atoms with Crippen LogP contribution in [0, 0.1) is 11.8 Å². The summed E-state index contributed by atoms with van der Waals surface area (Å²) in [5, 5.41) is 11.1. The molecule has 0 atom stereocenters. The van der Waals surface area contributed by atoms with Crippen LogP contribution in [0.1, 0.15) is 68.0 Å². The van der Waals surface area contributed by atoms with Crippen LogP contribution in [0.2, 0.25) is 0 Å². The van der Waals surface area contributed by atoms with E-state index in [1.807, 2.05) is 6.07 Å². The zero-order valence-corrected chi connectivity index (χ0v) is 20.0. The zero-order valence-electron chi connectivity index (χ0n) is 20.0. The van der Waals surface area contributed by atoms with Crippen molar-refractivity contribution in [2.45, 2.75) is 52.0 Å². The number of morpholine rings is 1. The predicted octanol–water partition coefficient (Wildman–Crippen LogP) is 4.34. The number of hydrogen-bond donors (Lipinski definition) is 1. The first-order valence-corrected chi connectivity index (χ1v) is 12.3. The quantitative estimate of drug-likeness (QED) is 0.556. The van der Waals surface area contributed by atoms with Crippen molar-refractivity contribution in [1.29, 1.82) is 0 Å². The third-order valence-electron chi connectivity index (χ3n) is 7.21. The summed E-state index contributed by atoms with van der Waals surface area (Å²) >= 11 is 0. The summed E-state index contributed by atoms with van der Waals surface area (Å²) in [6.45, 7) is 7.11. The lowest BCUT2D eigenvalue weighted by Gasteiger charge is -2.30. The number of nitrogens with zero attached hydrogens (tertiary/aromatic N) is 6. The van der Waals surface area contributed by atoms with Crippen molar-refractivity contribution in [2.75, 3.05) is 36.5 Å². The van der Waals surface area contributed by atoms with Gasteiger partial charge in [-0.05, 0) is 43.6 Å². The van der Waals surface area contributed by atoms with E-state index in [1.165, 1.54) is 12.4 Å². The molecule has 35 heavy (non-hydrogen) atoms. The van der Waals surface area contributed by atoms with E-state index in [-0.39, 0.29) is 11.6 Å². The Balaban J connectivity index is 1.36. The summed E-state index contributed by atoms with van der Waals surface area (Å²) in [4.78, 5) is 19.9. The Bertz CT molecular complexity index is 1180. The van der Waals surface area contributed by atoms with Gasteiger partial charge >= 0.3 is 0 Å². The molecule has 0 bridgehead atoms. The normalized spacial score (nSPS) is 21.3. The van der Waals surface area contributed by atoms with Gasteiger partial charge < -0.3 is 15.0 Å². The maximum Gasteiger partial charge on any atom is 0.282 e. The van der Waals surface area contributed by atoms with Crippen molar-refractivity contribution in [1.82, 2.24) is 24.4 Å². The molecule has 0 aromatic carbocycles. The predicted molar refractivity (Wildman–Crippen MR) is 127 cm³/mol. The molecule has 11 heteroatoms. The Hall–Kier alpha value is -3.08. The van der Waals surface area contributed by atoms with E-state index >= 15 is 0 Å². The Morgan fingerprint density at radius 3 is 2.60 bits per heavy atom. The first-order chi connectivity index (χ1) is 16.9. The number of carbonyl (C=O) groups is 1. The van der Waals surface area contributed by atoms with Gasteiger partial charge in [-0.2, -0.15) is 10.2 Å². The van der Waals surface area contributed by atoms with Gasteiger partial charge in [-0.3, -0.25) is 9.48 Å². The second-order valence-electron chi connectivity index (χ2n) is 9.69. The molecule has 1 aliphatic heterocycles. The SMILES string of the molecule is CC(C)C1CCC(n2cc(C(=O)Nc3cnn4ccc(N5CCOCC5)nc34)c(C(F)F)n2)CC1. The highest BCUT2D eigenvalue weighted by Crippen LogP contribution is 2.36. The zero-order chi connectivity index (χ0) is 24.5. The smallest absolute Gasteiger partial charge is 0.282 e. The number of carbonyl (C=O) groups excluding carboxylic acids is 1. The molecule has 1 saturated carbocycles. The van der Waals surface area contributed by atoms with Gasteiger partial charge in [0.1, 0.15) is 17.2 Å². The molecule has 2 aliphatic rings. The van der Waals surface area contributed by atoms with Crippen molar-refractivity contribution in [3.63, 3.8) is 0 Å². The van der Waals surface area contributed by atoms with Gasteiger partial charge in [0.2, 0.25) is 0 Å². The Labute approximate surface area is 202 Å². The van der Waals surface area contributed by atoms with E-state index in [0.717, 1.165) is 44.6 Å². The molecular formula is C24H31F2N7O2. The molecular weight excluding hydrogens is 456 g/mol. The molecule has 0 unspecified atom stereocenters. The largest absolute Gasteiger partial charge is 0.378 e.